The van der Waals surface area contributed by atoms with Crippen molar-refractivity contribution < 1.29 is 21.9 Å². The van der Waals surface area contributed by atoms with Gasteiger partial charge in [0.2, 0.25) is 0 Å². The SMILES string of the molecule is COc1cc(N)cc(CS(=O)(=O)c2ccc(F)cc2F)c1. The van der Waals surface area contributed by atoms with E-state index in [1.807, 2.05) is 0 Å². The first-order valence-corrected chi connectivity index (χ1v) is 7.58. The van der Waals surface area contributed by atoms with Crippen LogP contribution in [0.15, 0.2) is 41.3 Å². The third-order valence-electron chi connectivity index (χ3n) is 2.81. The Morgan fingerprint density at radius 3 is 2.48 bits per heavy atom. The molecular formula is C14H13F2NO3S. The lowest BCUT2D eigenvalue weighted by Crippen LogP contribution is -2.08. The summed E-state index contributed by atoms with van der Waals surface area (Å²) in [6.45, 7) is 0. The van der Waals surface area contributed by atoms with Crippen LogP contribution >= 0.6 is 0 Å². The average molecular weight is 313 g/mol. The van der Waals surface area contributed by atoms with Crippen molar-refractivity contribution in [2.75, 3.05) is 12.8 Å². The van der Waals surface area contributed by atoms with E-state index in [0.29, 0.717) is 23.1 Å². The Morgan fingerprint density at radius 2 is 1.86 bits per heavy atom. The fourth-order valence-corrected chi connectivity index (χ4v) is 3.30. The second-order valence-corrected chi connectivity index (χ2v) is 6.41. The summed E-state index contributed by atoms with van der Waals surface area (Å²) in [5.74, 6) is -2.01. The molecule has 0 amide bonds. The van der Waals surface area contributed by atoms with Gasteiger partial charge in [0.15, 0.2) is 9.84 Å². The number of anilines is 1. The van der Waals surface area contributed by atoms with Crippen LogP contribution in [0.2, 0.25) is 0 Å². The van der Waals surface area contributed by atoms with E-state index >= 15 is 0 Å². The van der Waals surface area contributed by atoms with Crippen molar-refractivity contribution in [1.29, 1.82) is 0 Å². The van der Waals surface area contributed by atoms with E-state index in [-0.39, 0.29) is 0 Å². The van der Waals surface area contributed by atoms with Gasteiger partial charge in [-0.15, -0.1) is 0 Å². The van der Waals surface area contributed by atoms with Gasteiger partial charge in [-0.3, -0.25) is 0 Å². The number of sulfone groups is 1. The maximum atomic E-state index is 13.6. The van der Waals surface area contributed by atoms with Crippen molar-refractivity contribution in [2.45, 2.75) is 10.6 Å². The van der Waals surface area contributed by atoms with Crippen LogP contribution in [0, 0.1) is 11.6 Å². The molecule has 0 saturated carbocycles. The maximum Gasteiger partial charge on any atom is 0.185 e. The number of hydrogen-bond donors (Lipinski definition) is 1. The molecule has 21 heavy (non-hydrogen) atoms. The van der Waals surface area contributed by atoms with Crippen LogP contribution < -0.4 is 10.5 Å². The molecule has 0 atom stereocenters. The van der Waals surface area contributed by atoms with Gasteiger partial charge in [-0.1, -0.05) is 0 Å². The zero-order valence-electron chi connectivity index (χ0n) is 11.1. The number of nitrogen functional groups attached to an aromatic ring is 1. The number of halogens is 2. The van der Waals surface area contributed by atoms with Crippen molar-refractivity contribution in [3.8, 4) is 5.75 Å². The van der Waals surface area contributed by atoms with Gasteiger partial charge in [0.05, 0.1) is 12.9 Å². The third kappa shape index (κ3) is 3.49. The number of ether oxygens (including phenoxy) is 1. The number of rotatable bonds is 4. The standard InChI is InChI=1S/C14H13F2NO3S/c1-20-12-5-9(4-11(17)7-12)8-21(18,19)14-3-2-10(15)6-13(14)16/h2-7H,8,17H2,1H3. The summed E-state index contributed by atoms with van der Waals surface area (Å²) in [4.78, 5) is -0.551. The molecule has 0 fully saturated rings. The fraction of sp³-hybridized carbons (Fsp3) is 0.143. The Bertz CT molecular complexity index is 776. The topological polar surface area (TPSA) is 69.4 Å². The molecule has 112 valence electrons. The summed E-state index contributed by atoms with van der Waals surface area (Å²) < 4.78 is 55.8. The molecule has 0 aliphatic carbocycles. The summed E-state index contributed by atoms with van der Waals surface area (Å²) in [5, 5.41) is 0. The molecule has 0 aliphatic rings. The van der Waals surface area contributed by atoms with Gasteiger partial charge in [0.25, 0.3) is 0 Å². The van der Waals surface area contributed by atoms with E-state index in [1.165, 1.54) is 25.3 Å². The van der Waals surface area contributed by atoms with Gasteiger partial charge in [-0.05, 0) is 29.8 Å². The summed E-state index contributed by atoms with van der Waals surface area (Å²) >= 11 is 0. The molecule has 0 heterocycles. The normalized spacial score (nSPS) is 11.4. The minimum atomic E-state index is -3.96. The molecule has 0 radical (unpaired) electrons. The molecule has 0 bridgehead atoms. The lowest BCUT2D eigenvalue weighted by atomic mass is 10.2. The van der Waals surface area contributed by atoms with Crippen molar-refractivity contribution >= 4 is 15.5 Å². The molecule has 2 aromatic carbocycles. The third-order valence-corrected chi connectivity index (χ3v) is 4.52. The largest absolute Gasteiger partial charge is 0.497 e. The van der Waals surface area contributed by atoms with Crippen LogP contribution in [0.5, 0.6) is 5.75 Å². The number of nitrogens with two attached hydrogens (primary N) is 1. The maximum absolute atomic E-state index is 13.6. The van der Waals surface area contributed by atoms with E-state index in [0.717, 1.165) is 12.1 Å². The highest BCUT2D eigenvalue weighted by Gasteiger charge is 2.20. The summed E-state index contributed by atoms with van der Waals surface area (Å²) in [6.07, 6.45) is 0. The fourth-order valence-electron chi connectivity index (χ4n) is 1.91. The van der Waals surface area contributed by atoms with Crippen LogP contribution in [-0.4, -0.2) is 15.5 Å². The van der Waals surface area contributed by atoms with Gasteiger partial charge >= 0.3 is 0 Å². The van der Waals surface area contributed by atoms with Crippen LogP contribution in [0.4, 0.5) is 14.5 Å². The molecule has 4 nitrogen and oxygen atoms in total. The van der Waals surface area contributed by atoms with Crippen LogP contribution in [0.25, 0.3) is 0 Å². The van der Waals surface area contributed by atoms with Crippen molar-refractivity contribution in [3.63, 3.8) is 0 Å². The summed E-state index contributed by atoms with van der Waals surface area (Å²) in [5.41, 5.74) is 6.33. The van der Waals surface area contributed by atoms with E-state index < -0.39 is 32.1 Å². The monoisotopic (exact) mass is 313 g/mol. The lowest BCUT2D eigenvalue weighted by molar-refractivity contribution is 0.414. The molecule has 0 spiro atoms. The van der Waals surface area contributed by atoms with Crippen LogP contribution in [-0.2, 0) is 15.6 Å². The quantitative estimate of drug-likeness (QED) is 0.695. The average Bonchev–Trinajstić information content (AvgIpc) is 2.36. The first-order valence-electron chi connectivity index (χ1n) is 5.93. The zero-order valence-corrected chi connectivity index (χ0v) is 12.0. The van der Waals surface area contributed by atoms with Gasteiger partial charge in [0.1, 0.15) is 22.3 Å². The molecule has 0 aliphatic heterocycles. The van der Waals surface area contributed by atoms with Crippen LogP contribution in [0.1, 0.15) is 5.56 Å². The minimum Gasteiger partial charge on any atom is -0.497 e. The summed E-state index contributed by atoms with van der Waals surface area (Å²) in [6, 6.07) is 6.83. The van der Waals surface area contributed by atoms with E-state index in [1.54, 1.807) is 0 Å². The second-order valence-electron chi connectivity index (χ2n) is 4.45. The van der Waals surface area contributed by atoms with E-state index in [4.69, 9.17) is 10.5 Å². The Hall–Kier alpha value is -2.15. The predicted octanol–water partition coefficient (Wildman–Crippen LogP) is 2.53. The molecule has 0 saturated heterocycles. The molecule has 2 rings (SSSR count). The highest BCUT2D eigenvalue weighted by Crippen LogP contribution is 2.24. The molecule has 0 unspecified atom stereocenters. The lowest BCUT2D eigenvalue weighted by Gasteiger charge is -2.08. The minimum absolute atomic E-state index is 0.333. The summed E-state index contributed by atoms with van der Waals surface area (Å²) in [7, 11) is -2.53. The molecular weight excluding hydrogens is 300 g/mol. The first-order chi connectivity index (χ1) is 9.81. The second kappa shape index (κ2) is 5.69. The molecule has 7 heteroatoms. The van der Waals surface area contributed by atoms with E-state index in [9.17, 15) is 17.2 Å². The van der Waals surface area contributed by atoms with Gasteiger partial charge < -0.3 is 10.5 Å². The Labute approximate surface area is 121 Å². The highest BCUT2D eigenvalue weighted by atomic mass is 32.2. The van der Waals surface area contributed by atoms with Crippen LogP contribution in [0.3, 0.4) is 0 Å². The van der Waals surface area contributed by atoms with Gasteiger partial charge in [-0.2, -0.15) is 0 Å². The number of hydrogen-bond acceptors (Lipinski definition) is 4. The highest BCUT2D eigenvalue weighted by molar-refractivity contribution is 7.90. The van der Waals surface area contributed by atoms with Crippen molar-refractivity contribution in [2.24, 2.45) is 0 Å². The Kier molecular flexibility index (Phi) is 4.13. The first kappa shape index (κ1) is 15.2. The molecule has 2 aromatic rings. The number of benzene rings is 2. The van der Waals surface area contributed by atoms with Crippen molar-refractivity contribution in [3.05, 3.63) is 53.6 Å². The molecule has 0 aromatic heterocycles. The number of methoxy groups -OCH3 is 1. The zero-order chi connectivity index (χ0) is 15.6. The predicted molar refractivity (Wildman–Crippen MR) is 74.7 cm³/mol. The van der Waals surface area contributed by atoms with E-state index in [2.05, 4.69) is 0 Å². The Balaban J connectivity index is 2.39. The smallest absolute Gasteiger partial charge is 0.185 e. The Morgan fingerprint density at radius 1 is 1.14 bits per heavy atom. The molecule has 2 N–H and O–H groups in total. The van der Waals surface area contributed by atoms with Crippen molar-refractivity contribution in [1.82, 2.24) is 0 Å². The van der Waals surface area contributed by atoms with Gasteiger partial charge in [-0.25, -0.2) is 17.2 Å². The van der Waals surface area contributed by atoms with Gasteiger partial charge in [0, 0.05) is 17.8 Å².